The molecule has 5 heteroatoms. The topological polar surface area (TPSA) is 50.8 Å². The molecule has 3 fully saturated rings. The number of carbonyl (C=O) groups is 1. The van der Waals surface area contributed by atoms with E-state index in [1.807, 2.05) is 36.4 Å². The van der Waals surface area contributed by atoms with Gasteiger partial charge in [-0.05, 0) is 67.7 Å². The average Bonchev–Trinajstić information content (AvgIpc) is 3.49. The summed E-state index contributed by atoms with van der Waals surface area (Å²) >= 11 is 0. The van der Waals surface area contributed by atoms with Crippen LogP contribution in [0.5, 0.6) is 11.5 Å². The molecule has 2 aromatic rings. The van der Waals surface area contributed by atoms with E-state index in [2.05, 4.69) is 16.3 Å². The SMILES string of the molecule is O=C1c2ccccc2N[C@@]2(CC3CC2[C@H]2CCC[C@H]32)N1c1ccc2c(c1)OCO2. The van der Waals surface area contributed by atoms with Gasteiger partial charge in [-0.1, -0.05) is 18.6 Å². The number of nitrogens with one attached hydrogen (secondary N) is 1. The summed E-state index contributed by atoms with van der Waals surface area (Å²) in [5, 5.41) is 3.90. The zero-order chi connectivity index (χ0) is 19.2. The largest absolute Gasteiger partial charge is 0.454 e. The second-order valence-corrected chi connectivity index (χ2v) is 9.34. The molecule has 2 aromatic carbocycles. The minimum Gasteiger partial charge on any atom is -0.454 e. The minimum absolute atomic E-state index is 0.0975. The first-order valence-electron chi connectivity index (χ1n) is 10.9. The zero-order valence-electron chi connectivity index (χ0n) is 16.3. The molecule has 5 atom stereocenters. The fraction of sp³-hybridized carbons (Fsp3) is 0.458. The van der Waals surface area contributed by atoms with Crippen molar-refractivity contribution in [2.75, 3.05) is 17.0 Å². The van der Waals surface area contributed by atoms with Gasteiger partial charge in [0, 0.05) is 17.7 Å². The molecule has 7 rings (SSSR count). The summed E-state index contributed by atoms with van der Waals surface area (Å²) < 4.78 is 11.1. The van der Waals surface area contributed by atoms with Crippen molar-refractivity contribution in [2.45, 2.75) is 37.8 Å². The molecule has 0 aromatic heterocycles. The van der Waals surface area contributed by atoms with Gasteiger partial charge in [0.25, 0.3) is 5.91 Å². The van der Waals surface area contributed by atoms with Crippen LogP contribution in [0.3, 0.4) is 0 Å². The maximum absolute atomic E-state index is 13.9. The number of benzene rings is 2. The van der Waals surface area contributed by atoms with E-state index >= 15 is 0 Å². The van der Waals surface area contributed by atoms with Gasteiger partial charge in [-0.3, -0.25) is 9.69 Å². The molecule has 1 N–H and O–H groups in total. The number of carbonyl (C=O) groups excluding carboxylic acids is 1. The van der Waals surface area contributed by atoms with Crippen molar-refractivity contribution in [3.8, 4) is 11.5 Å². The first-order valence-corrected chi connectivity index (χ1v) is 10.9. The first kappa shape index (κ1) is 16.1. The van der Waals surface area contributed by atoms with E-state index < -0.39 is 0 Å². The van der Waals surface area contributed by atoms with Gasteiger partial charge in [0.2, 0.25) is 6.79 Å². The van der Waals surface area contributed by atoms with Crippen molar-refractivity contribution >= 4 is 17.3 Å². The molecule has 0 radical (unpaired) electrons. The Morgan fingerprint density at radius 1 is 1.03 bits per heavy atom. The fourth-order valence-corrected chi connectivity index (χ4v) is 7.26. The monoisotopic (exact) mass is 388 g/mol. The molecule has 3 saturated carbocycles. The number of hydrogen-bond acceptors (Lipinski definition) is 4. The van der Waals surface area contributed by atoms with Crippen LogP contribution in [0.25, 0.3) is 0 Å². The van der Waals surface area contributed by atoms with Crippen molar-refractivity contribution in [3.63, 3.8) is 0 Å². The number of fused-ring (bicyclic) bond motifs is 8. The van der Waals surface area contributed by atoms with Crippen LogP contribution in [-0.4, -0.2) is 18.4 Å². The standard InChI is InChI=1S/C24H24N2O3/c27-23-18-4-1-2-7-20(18)25-24(12-14-10-19(24)17-6-3-5-16(14)17)26(23)15-8-9-21-22(11-15)29-13-28-21/h1-2,4,7-9,11,14,16-17,19,25H,3,5-6,10,12-13H2/t14?,16-,17+,19?,24+/m1/s1. The van der Waals surface area contributed by atoms with Crippen molar-refractivity contribution in [3.05, 3.63) is 48.0 Å². The molecule has 1 amide bonds. The predicted octanol–water partition coefficient (Wildman–Crippen LogP) is 4.64. The third kappa shape index (κ3) is 1.98. The molecule has 5 nitrogen and oxygen atoms in total. The molecule has 2 bridgehead atoms. The molecule has 2 heterocycles. The van der Waals surface area contributed by atoms with E-state index in [4.69, 9.17) is 9.47 Å². The fourth-order valence-electron chi connectivity index (χ4n) is 7.26. The Hall–Kier alpha value is -2.69. The van der Waals surface area contributed by atoms with Gasteiger partial charge >= 0.3 is 0 Å². The summed E-state index contributed by atoms with van der Waals surface area (Å²) in [7, 11) is 0. The molecule has 2 unspecified atom stereocenters. The van der Waals surface area contributed by atoms with Gasteiger partial charge in [0.05, 0.1) is 11.3 Å². The molecule has 1 spiro atoms. The second kappa shape index (κ2) is 5.47. The minimum atomic E-state index is -0.338. The number of ether oxygens (including phenoxy) is 2. The van der Waals surface area contributed by atoms with E-state index in [1.165, 1.54) is 25.7 Å². The normalized spacial score (nSPS) is 35.7. The lowest BCUT2D eigenvalue weighted by molar-refractivity contribution is 0.0887. The zero-order valence-corrected chi connectivity index (χ0v) is 16.3. The highest BCUT2D eigenvalue weighted by atomic mass is 16.7. The Bertz CT molecular complexity index is 1040. The molecular formula is C24H24N2O3. The Balaban J connectivity index is 1.41. The van der Waals surface area contributed by atoms with Gasteiger partial charge in [-0.15, -0.1) is 0 Å². The molecule has 0 saturated heterocycles. The highest BCUT2D eigenvalue weighted by molar-refractivity contribution is 6.13. The van der Waals surface area contributed by atoms with Crippen LogP contribution in [-0.2, 0) is 0 Å². The summed E-state index contributed by atoms with van der Waals surface area (Å²) in [5.74, 6) is 4.39. The maximum Gasteiger partial charge on any atom is 0.262 e. The van der Waals surface area contributed by atoms with Gasteiger partial charge < -0.3 is 14.8 Å². The third-order valence-corrected chi connectivity index (χ3v) is 8.22. The van der Waals surface area contributed by atoms with Crippen LogP contribution in [0.1, 0.15) is 42.5 Å². The molecule has 3 aliphatic carbocycles. The van der Waals surface area contributed by atoms with E-state index in [1.54, 1.807) is 0 Å². The van der Waals surface area contributed by atoms with Crippen molar-refractivity contribution in [1.29, 1.82) is 0 Å². The number of amides is 1. The van der Waals surface area contributed by atoms with Gasteiger partial charge in [0.15, 0.2) is 11.5 Å². The lowest BCUT2D eigenvalue weighted by atomic mass is 9.73. The Labute approximate surface area is 170 Å². The Morgan fingerprint density at radius 2 is 1.90 bits per heavy atom. The molecule has 29 heavy (non-hydrogen) atoms. The second-order valence-electron chi connectivity index (χ2n) is 9.34. The lowest BCUT2D eigenvalue weighted by Gasteiger charge is -2.53. The summed E-state index contributed by atoms with van der Waals surface area (Å²) in [5.41, 5.74) is 2.30. The van der Waals surface area contributed by atoms with Gasteiger partial charge in [-0.25, -0.2) is 0 Å². The van der Waals surface area contributed by atoms with Crippen molar-refractivity contribution < 1.29 is 14.3 Å². The maximum atomic E-state index is 13.9. The number of para-hydroxylation sites is 1. The summed E-state index contributed by atoms with van der Waals surface area (Å²) in [6.45, 7) is 0.243. The Kier molecular flexibility index (Phi) is 3.04. The highest BCUT2D eigenvalue weighted by Crippen LogP contribution is 2.65. The summed E-state index contributed by atoms with van der Waals surface area (Å²) in [6, 6.07) is 13.9. The number of anilines is 2. The number of nitrogens with zero attached hydrogens (tertiary/aromatic N) is 1. The first-order chi connectivity index (χ1) is 14.2. The van der Waals surface area contributed by atoms with Crippen LogP contribution in [0.4, 0.5) is 11.4 Å². The van der Waals surface area contributed by atoms with Gasteiger partial charge in [-0.2, -0.15) is 0 Å². The van der Waals surface area contributed by atoms with E-state index in [0.29, 0.717) is 5.92 Å². The Morgan fingerprint density at radius 3 is 2.86 bits per heavy atom. The van der Waals surface area contributed by atoms with Crippen molar-refractivity contribution in [1.82, 2.24) is 0 Å². The predicted molar refractivity (Wildman–Crippen MR) is 109 cm³/mol. The average molecular weight is 388 g/mol. The van der Waals surface area contributed by atoms with E-state index in [-0.39, 0.29) is 18.4 Å². The van der Waals surface area contributed by atoms with E-state index in [0.717, 1.165) is 52.6 Å². The molecule has 5 aliphatic rings. The van der Waals surface area contributed by atoms with Crippen LogP contribution in [0.2, 0.25) is 0 Å². The van der Waals surface area contributed by atoms with Crippen LogP contribution < -0.4 is 19.7 Å². The lowest BCUT2D eigenvalue weighted by Crippen LogP contribution is -2.65. The molecule has 2 aliphatic heterocycles. The number of hydrogen-bond donors (Lipinski definition) is 1. The molecular weight excluding hydrogens is 364 g/mol. The molecule has 148 valence electrons. The third-order valence-electron chi connectivity index (χ3n) is 8.22. The summed E-state index contributed by atoms with van der Waals surface area (Å²) in [4.78, 5) is 15.9. The summed E-state index contributed by atoms with van der Waals surface area (Å²) in [6.07, 6.45) is 6.29. The highest BCUT2D eigenvalue weighted by Gasteiger charge is 2.65. The smallest absolute Gasteiger partial charge is 0.262 e. The van der Waals surface area contributed by atoms with Crippen LogP contribution in [0, 0.1) is 23.7 Å². The van der Waals surface area contributed by atoms with Gasteiger partial charge in [0.1, 0.15) is 5.66 Å². The van der Waals surface area contributed by atoms with E-state index in [9.17, 15) is 4.79 Å². The number of rotatable bonds is 1. The quantitative estimate of drug-likeness (QED) is 0.773. The van der Waals surface area contributed by atoms with Crippen LogP contribution in [0.15, 0.2) is 42.5 Å². The van der Waals surface area contributed by atoms with Crippen LogP contribution >= 0.6 is 0 Å². The van der Waals surface area contributed by atoms with Crippen molar-refractivity contribution in [2.24, 2.45) is 23.7 Å².